The van der Waals surface area contributed by atoms with Crippen molar-refractivity contribution >= 4 is 23.2 Å². The molecule has 1 atom stereocenters. The number of hydrogen-bond donors (Lipinski definition) is 1. The van der Waals surface area contributed by atoms with Crippen LogP contribution in [0.1, 0.15) is 28.7 Å². The molecule has 1 saturated heterocycles. The average molecular weight is 336 g/mol. The minimum Gasteiger partial charge on any atom is -0.325 e. The zero-order valence-corrected chi connectivity index (χ0v) is 15.2. The third-order valence-electron chi connectivity index (χ3n) is 4.83. The molecule has 0 saturated carbocycles. The van der Waals surface area contributed by atoms with Gasteiger partial charge in [-0.15, -0.1) is 0 Å². The number of aryl methyl sites for hydroxylation is 4. The van der Waals surface area contributed by atoms with E-state index in [1.165, 1.54) is 5.56 Å². The number of benzene rings is 2. The van der Waals surface area contributed by atoms with Gasteiger partial charge in [-0.05, 0) is 50.5 Å². The smallest absolute Gasteiger partial charge is 0.229 e. The average Bonchev–Trinajstić information content (AvgIpc) is 2.93. The molecule has 4 heteroatoms. The van der Waals surface area contributed by atoms with Crippen molar-refractivity contribution in [3.8, 4) is 0 Å². The summed E-state index contributed by atoms with van der Waals surface area (Å²) >= 11 is 0. The summed E-state index contributed by atoms with van der Waals surface area (Å²) in [5, 5.41) is 3.04. The molecule has 0 radical (unpaired) electrons. The van der Waals surface area contributed by atoms with Crippen LogP contribution in [0.15, 0.2) is 36.4 Å². The Morgan fingerprint density at radius 2 is 1.68 bits per heavy atom. The maximum atomic E-state index is 12.7. The fraction of sp³-hybridized carbons (Fsp3) is 0.333. The van der Waals surface area contributed by atoms with Crippen LogP contribution < -0.4 is 10.2 Å². The number of hydrogen-bond acceptors (Lipinski definition) is 2. The number of carbonyl (C=O) groups excluding carboxylic acids is 2. The highest BCUT2D eigenvalue weighted by Gasteiger charge is 2.35. The van der Waals surface area contributed by atoms with Gasteiger partial charge in [0, 0.05) is 24.3 Å². The molecule has 1 heterocycles. The van der Waals surface area contributed by atoms with Crippen LogP contribution in [-0.4, -0.2) is 18.4 Å². The Kier molecular flexibility index (Phi) is 4.62. The van der Waals surface area contributed by atoms with Crippen LogP contribution in [0.5, 0.6) is 0 Å². The van der Waals surface area contributed by atoms with Crippen molar-refractivity contribution in [3.05, 3.63) is 58.7 Å². The van der Waals surface area contributed by atoms with E-state index in [1.807, 2.05) is 52.0 Å². The van der Waals surface area contributed by atoms with E-state index >= 15 is 0 Å². The molecule has 0 aromatic heterocycles. The van der Waals surface area contributed by atoms with E-state index in [0.29, 0.717) is 6.54 Å². The maximum Gasteiger partial charge on any atom is 0.229 e. The molecular formula is C21H24N2O2. The van der Waals surface area contributed by atoms with Crippen molar-refractivity contribution in [1.29, 1.82) is 0 Å². The van der Waals surface area contributed by atoms with Crippen molar-refractivity contribution in [2.24, 2.45) is 5.92 Å². The molecule has 1 aliphatic heterocycles. The normalized spacial score (nSPS) is 17.0. The first-order valence-corrected chi connectivity index (χ1v) is 8.61. The molecule has 1 aliphatic rings. The molecule has 2 aromatic carbocycles. The largest absolute Gasteiger partial charge is 0.325 e. The topological polar surface area (TPSA) is 49.4 Å². The molecule has 2 amide bonds. The summed E-state index contributed by atoms with van der Waals surface area (Å²) in [4.78, 5) is 26.9. The van der Waals surface area contributed by atoms with Crippen LogP contribution in [0.2, 0.25) is 0 Å². The van der Waals surface area contributed by atoms with E-state index in [9.17, 15) is 9.59 Å². The zero-order chi connectivity index (χ0) is 18.1. The van der Waals surface area contributed by atoms with Gasteiger partial charge in [0.1, 0.15) is 0 Å². The summed E-state index contributed by atoms with van der Waals surface area (Å²) in [7, 11) is 0. The lowest BCUT2D eigenvalue weighted by molar-refractivity contribution is -0.122. The zero-order valence-electron chi connectivity index (χ0n) is 15.2. The number of rotatable bonds is 3. The minimum atomic E-state index is -0.327. The van der Waals surface area contributed by atoms with Crippen LogP contribution in [0, 0.1) is 33.6 Å². The van der Waals surface area contributed by atoms with Gasteiger partial charge in [0.25, 0.3) is 0 Å². The van der Waals surface area contributed by atoms with Crippen LogP contribution in [-0.2, 0) is 9.59 Å². The molecule has 1 N–H and O–H groups in total. The monoisotopic (exact) mass is 336 g/mol. The Morgan fingerprint density at radius 1 is 1.04 bits per heavy atom. The van der Waals surface area contributed by atoms with Gasteiger partial charge in [-0.3, -0.25) is 9.59 Å². The summed E-state index contributed by atoms with van der Waals surface area (Å²) < 4.78 is 0. The molecule has 0 aliphatic carbocycles. The number of para-hydroxylation sites is 1. The SMILES string of the molecule is Cc1cc(C)c(NC(=O)C2CC(=O)N(c3ccccc3C)C2)c(C)c1. The first kappa shape index (κ1) is 17.2. The van der Waals surface area contributed by atoms with E-state index in [2.05, 4.69) is 17.4 Å². The molecule has 0 spiro atoms. The molecular weight excluding hydrogens is 312 g/mol. The number of carbonyl (C=O) groups is 2. The Bertz CT molecular complexity index is 819. The van der Waals surface area contributed by atoms with E-state index in [4.69, 9.17) is 0 Å². The highest BCUT2D eigenvalue weighted by atomic mass is 16.2. The van der Waals surface area contributed by atoms with Crippen molar-refractivity contribution < 1.29 is 9.59 Å². The van der Waals surface area contributed by atoms with Gasteiger partial charge in [-0.1, -0.05) is 35.9 Å². The molecule has 130 valence electrons. The summed E-state index contributed by atoms with van der Waals surface area (Å²) in [5.74, 6) is -0.404. The van der Waals surface area contributed by atoms with Crippen molar-refractivity contribution in [2.45, 2.75) is 34.1 Å². The second-order valence-corrected chi connectivity index (χ2v) is 6.95. The Hall–Kier alpha value is -2.62. The summed E-state index contributed by atoms with van der Waals surface area (Å²) in [6.07, 6.45) is 0.254. The predicted molar refractivity (Wildman–Crippen MR) is 101 cm³/mol. The van der Waals surface area contributed by atoms with Gasteiger partial charge in [-0.25, -0.2) is 0 Å². The summed E-state index contributed by atoms with van der Waals surface area (Å²) in [6.45, 7) is 8.44. The highest BCUT2D eigenvalue weighted by molar-refractivity contribution is 6.04. The van der Waals surface area contributed by atoms with Crippen molar-refractivity contribution in [2.75, 3.05) is 16.8 Å². The quantitative estimate of drug-likeness (QED) is 0.924. The third-order valence-corrected chi connectivity index (χ3v) is 4.83. The molecule has 0 bridgehead atoms. The van der Waals surface area contributed by atoms with Crippen molar-refractivity contribution in [3.63, 3.8) is 0 Å². The van der Waals surface area contributed by atoms with Gasteiger partial charge < -0.3 is 10.2 Å². The lowest BCUT2D eigenvalue weighted by Crippen LogP contribution is -2.28. The lowest BCUT2D eigenvalue weighted by atomic mass is 10.0. The molecule has 2 aromatic rings. The second-order valence-electron chi connectivity index (χ2n) is 6.95. The first-order chi connectivity index (χ1) is 11.9. The van der Waals surface area contributed by atoms with Gasteiger partial charge >= 0.3 is 0 Å². The van der Waals surface area contributed by atoms with Crippen LogP contribution in [0.25, 0.3) is 0 Å². The van der Waals surface area contributed by atoms with Gasteiger partial charge in [0.05, 0.1) is 5.92 Å². The number of nitrogens with one attached hydrogen (secondary N) is 1. The molecule has 25 heavy (non-hydrogen) atoms. The predicted octanol–water partition coefficient (Wildman–Crippen LogP) is 3.91. The lowest BCUT2D eigenvalue weighted by Gasteiger charge is -2.19. The Balaban J connectivity index is 1.77. The van der Waals surface area contributed by atoms with Crippen LogP contribution in [0.3, 0.4) is 0 Å². The highest BCUT2D eigenvalue weighted by Crippen LogP contribution is 2.29. The molecule has 1 unspecified atom stereocenters. The fourth-order valence-electron chi connectivity index (χ4n) is 3.58. The van der Waals surface area contributed by atoms with E-state index in [0.717, 1.165) is 28.1 Å². The number of nitrogens with zero attached hydrogens (tertiary/aromatic N) is 1. The Labute approximate surface area is 148 Å². The molecule has 4 nitrogen and oxygen atoms in total. The van der Waals surface area contributed by atoms with Gasteiger partial charge in [0.15, 0.2) is 0 Å². The number of amides is 2. The summed E-state index contributed by atoms with van der Waals surface area (Å²) in [6, 6.07) is 11.9. The minimum absolute atomic E-state index is 0.00630. The maximum absolute atomic E-state index is 12.7. The second kappa shape index (κ2) is 6.71. The third kappa shape index (κ3) is 3.43. The van der Waals surface area contributed by atoms with Crippen LogP contribution >= 0.6 is 0 Å². The van der Waals surface area contributed by atoms with Gasteiger partial charge in [0.2, 0.25) is 11.8 Å². The van der Waals surface area contributed by atoms with E-state index in [-0.39, 0.29) is 24.2 Å². The van der Waals surface area contributed by atoms with E-state index < -0.39 is 0 Å². The van der Waals surface area contributed by atoms with Crippen molar-refractivity contribution in [1.82, 2.24) is 0 Å². The number of anilines is 2. The van der Waals surface area contributed by atoms with Crippen LogP contribution in [0.4, 0.5) is 11.4 Å². The molecule has 3 rings (SSSR count). The standard InChI is InChI=1S/C21H24N2O2/c1-13-9-15(3)20(16(4)10-13)22-21(25)17-11-19(24)23(12-17)18-8-6-5-7-14(18)2/h5-10,17H,11-12H2,1-4H3,(H,22,25). The fourth-order valence-corrected chi connectivity index (χ4v) is 3.58. The first-order valence-electron chi connectivity index (χ1n) is 8.61. The summed E-state index contributed by atoms with van der Waals surface area (Å²) in [5.41, 5.74) is 6.07. The van der Waals surface area contributed by atoms with Gasteiger partial charge in [-0.2, -0.15) is 0 Å². The van der Waals surface area contributed by atoms with E-state index in [1.54, 1.807) is 4.90 Å². The Morgan fingerprint density at radius 3 is 2.32 bits per heavy atom. The molecule has 1 fully saturated rings.